The van der Waals surface area contributed by atoms with Crippen LogP contribution in [0, 0.1) is 0 Å². The molecule has 1 fully saturated rings. The monoisotopic (exact) mass is 282 g/mol. The minimum absolute atomic E-state index is 0.0655. The molecule has 0 radical (unpaired) electrons. The normalized spacial score (nSPS) is 20.8. The highest BCUT2D eigenvalue weighted by Crippen LogP contribution is 2.41. The Balaban J connectivity index is 2.35. The highest BCUT2D eigenvalue weighted by molar-refractivity contribution is 6.31. The van der Waals surface area contributed by atoms with E-state index >= 15 is 0 Å². The molecule has 19 heavy (non-hydrogen) atoms. The van der Waals surface area contributed by atoms with Gasteiger partial charge >= 0.3 is 0 Å². The van der Waals surface area contributed by atoms with E-state index in [1.54, 1.807) is 7.11 Å². The van der Waals surface area contributed by atoms with Gasteiger partial charge in [0.25, 0.3) is 0 Å². The van der Waals surface area contributed by atoms with Crippen LogP contribution in [0.2, 0.25) is 5.02 Å². The fraction of sp³-hybridized carbons (Fsp3) is 0.600. The van der Waals surface area contributed by atoms with Gasteiger partial charge in [-0.1, -0.05) is 55.5 Å². The molecule has 0 bridgehead atoms. The van der Waals surface area contributed by atoms with Crippen molar-refractivity contribution in [3.63, 3.8) is 0 Å². The molecule has 1 atom stereocenters. The Morgan fingerprint density at radius 2 is 1.84 bits per heavy atom. The Labute approximate surface area is 120 Å². The maximum absolute atomic E-state index is 6.33. The second-order valence-electron chi connectivity index (χ2n) is 5.30. The van der Waals surface area contributed by atoms with E-state index in [0.717, 1.165) is 23.4 Å². The summed E-state index contributed by atoms with van der Waals surface area (Å²) in [6, 6.07) is 7.79. The topological polar surface area (TPSA) is 47.3 Å². The third kappa shape index (κ3) is 3.11. The standard InChI is InChI=1S/C15H23ClN2O/c1-19-15(10-6-2-3-7-11-15)14(18-17)12-8-4-5-9-13(12)16/h4-5,8-9,14,18H,2-3,6-7,10-11,17H2,1H3. The summed E-state index contributed by atoms with van der Waals surface area (Å²) in [6.45, 7) is 0. The second-order valence-corrected chi connectivity index (χ2v) is 5.71. The molecule has 0 aliphatic heterocycles. The van der Waals surface area contributed by atoms with Gasteiger partial charge < -0.3 is 4.74 Å². The summed E-state index contributed by atoms with van der Waals surface area (Å²) in [4.78, 5) is 0. The molecule has 3 N–H and O–H groups in total. The first-order chi connectivity index (χ1) is 9.23. The fourth-order valence-corrected chi connectivity index (χ4v) is 3.42. The van der Waals surface area contributed by atoms with Gasteiger partial charge in [0, 0.05) is 12.1 Å². The Morgan fingerprint density at radius 1 is 1.21 bits per heavy atom. The van der Waals surface area contributed by atoms with Gasteiger partial charge in [0.1, 0.15) is 0 Å². The van der Waals surface area contributed by atoms with E-state index in [9.17, 15) is 0 Å². The van der Waals surface area contributed by atoms with Crippen molar-refractivity contribution in [3.05, 3.63) is 34.9 Å². The average Bonchev–Trinajstić information content (AvgIpc) is 2.68. The van der Waals surface area contributed by atoms with Gasteiger partial charge in [0.2, 0.25) is 0 Å². The lowest BCUT2D eigenvalue weighted by atomic mass is 9.82. The molecule has 1 aliphatic carbocycles. The molecular weight excluding hydrogens is 260 g/mol. The van der Waals surface area contributed by atoms with Crippen LogP contribution in [0.1, 0.15) is 50.1 Å². The molecule has 1 aliphatic rings. The van der Waals surface area contributed by atoms with Crippen LogP contribution in [-0.4, -0.2) is 12.7 Å². The third-order valence-electron chi connectivity index (χ3n) is 4.27. The van der Waals surface area contributed by atoms with E-state index in [4.69, 9.17) is 22.2 Å². The molecule has 0 saturated heterocycles. The van der Waals surface area contributed by atoms with Gasteiger partial charge in [-0.05, 0) is 24.5 Å². The summed E-state index contributed by atoms with van der Waals surface area (Å²) in [5.41, 5.74) is 3.71. The molecule has 0 amide bonds. The number of nitrogens with two attached hydrogens (primary N) is 1. The molecule has 1 saturated carbocycles. The van der Waals surface area contributed by atoms with Gasteiger partial charge in [-0.3, -0.25) is 11.3 Å². The molecular formula is C15H23ClN2O. The zero-order valence-electron chi connectivity index (χ0n) is 11.5. The fourth-order valence-electron chi connectivity index (χ4n) is 3.17. The lowest BCUT2D eigenvalue weighted by molar-refractivity contribution is -0.0541. The van der Waals surface area contributed by atoms with E-state index in [0.29, 0.717) is 0 Å². The van der Waals surface area contributed by atoms with E-state index < -0.39 is 0 Å². The minimum Gasteiger partial charge on any atom is -0.376 e. The van der Waals surface area contributed by atoms with Crippen molar-refractivity contribution in [2.24, 2.45) is 5.84 Å². The van der Waals surface area contributed by atoms with Crippen LogP contribution in [0.15, 0.2) is 24.3 Å². The van der Waals surface area contributed by atoms with Crippen LogP contribution in [0.3, 0.4) is 0 Å². The first kappa shape index (κ1) is 14.8. The molecule has 2 rings (SSSR count). The molecule has 1 unspecified atom stereocenters. The number of hydrazine groups is 1. The van der Waals surface area contributed by atoms with Crippen molar-refractivity contribution in [2.75, 3.05) is 7.11 Å². The quantitative estimate of drug-likeness (QED) is 0.504. The molecule has 3 nitrogen and oxygen atoms in total. The molecule has 0 aromatic heterocycles. The molecule has 0 spiro atoms. The number of hydrogen-bond acceptors (Lipinski definition) is 3. The van der Waals surface area contributed by atoms with Crippen molar-refractivity contribution < 1.29 is 4.74 Å². The maximum atomic E-state index is 6.33. The van der Waals surface area contributed by atoms with Gasteiger partial charge in [0.05, 0.1) is 11.6 Å². The minimum atomic E-state index is -0.254. The number of methoxy groups -OCH3 is 1. The largest absolute Gasteiger partial charge is 0.376 e. The van der Waals surface area contributed by atoms with Gasteiger partial charge in [0.15, 0.2) is 0 Å². The van der Waals surface area contributed by atoms with Gasteiger partial charge in [-0.25, -0.2) is 0 Å². The van der Waals surface area contributed by atoms with Crippen molar-refractivity contribution in [1.29, 1.82) is 0 Å². The van der Waals surface area contributed by atoms with Crippen molar-refractivity contribution >= 4 is 11.6 Å². The smallest absolute Gasteiger partial charge is 0.0886 e. The zero-order chi connectivity index (χ0) is 13.7. The summed E-state index contributed by atoms with van der Waals surface area (Å²) in [5.74, 6) is 5.83. The lowest BCUT2D eigenvalue weighted by Crippen LogP contribution is -2.48. The molecule has 1 aromatic rings. The SMILES string of the molecule is COC1(C(NN)c2ccccc2Cl)CCCCCC1. The highest BCUT2D eigenvalue weighted by atomic mass is 35.5. The van der Waals surface area contributed by atoms with E-state index in [2.05, 4.69) is 5.43 Å². The molecule has 106 valence electrons. The van der Waals surface area contributed by atoms with Crippen LogP contribution in [0.25, 0.3) is 0 Å². The molecule has 4 heteroatoms. The van der Waals surface area contributed by atoms with Crippen LogP contribution in [0.4, 0.5) is 0 Å². The van der Waals surface area contributed by atoms with Crippen molar-refractivity contribution in [2.45, 2.75) is 50.2 Å². The summed E-state index contributed by atoms with van der Waals surface area (Å²) in [7, 11) is 1.78. The van der Waals surface area contributed by atoms with E-state index in [1.165, 1.54) is 25.7 Å². The first-order valence-corrected chi connectivity index (χ1v) is 7.37. The van der Waals surface area contributed by atoms with Crippen LogP contribution in [0.5, 0.6) is 0 Å². The lowest BCUT2D eigenvalue weighted by Gasteiger charge is -2.39. The average molecular weight is 283 g/mol. The van der Waals surface area contributed by atoms with Gasteiger partial charge in [-0.2, -0.15) is 0 Å². The summed E-state index contributed by atoms with van der Waals surface area (Å²) < 4.78 is 5.92. The third-order valence-corrected chi connectivity index (χ3v) is 4.61. The molecule has 1 aromatic carbocycles. The van der Waals surface area contributed by atoms with Crippen LogP contribution in [-0.2, 0) is 4.74 Å². The van der Waals surface area contributed by atoms with Crippen LogP contribution < -0.4 is 11.3 Å². The van der Waals surface area contributed by atoms with Crippen molar-refractivity contribution in [1.82, 2.24) is 5.43 Å². The number of benzene rings is 1. The van der Waals surface area contributed by atoms with Crippen LogP contribution >= 0.6 is 11.6 Å². The second kappa shape index (κ2) is 6.71. The number of halogens is 1. The number of hydrogen-bond donors (Lipinski definition) is 2. The van der Waals surface area contributed by atoms with E-state index in [-0.39, 0.29) is 11.6 Å². The Morgan fingerprint density at radius 3 is 2.37 bits per heavy atom. The van der Waals surface area contributed by atoms with E-state index in [1.807, 2.05) is 24.3 Å². The predicted molar refractivity (Wildman–Crippen MR) is 79.0 cm³/mol. The van der Waals surface area contributed by atoms with Gasteiger partial charge in [-0.15, -0.1) is 0 Å². The van der Waals surface area contributed by atoms with Crippen molar-refractivity contribution in [3.8, 4) is 0 Å². The zero-order valence-corrected chi connectivity index (χ0v) is 12.2. The Bertz CT molecular complexity index is 403. The summed E-state index contributed by atoms with van der Waals surface area (Å²) >= 11 is 6.33. The number of nitrogens with one attached hydrogen (secondary N) is 1. The predicted octanol–water partition coefficient (Wildman–Crippen LogP) is 3.58. The summed E-state index contributed by atoms with van der Waals surface area (Å²) in [5, 5.41) is 0.742. The highest BCUT2D eigenvalue weighted by Gasteiger charge is 2.40. The first-order valence-electron chi connectivity index (χ1n) is 6.99. The number of ether oxygens (including phenoxy) is 1. The Kier molecular flexibility index (Phi) is 5.22. The summed E-state index contributed by atoms with van der Waals surface area (Å²) in [6.07, 6.45) is 6.93. The Hall–Kier alpha value is -0.610. The number of rotatable bonds is 4. The molecule has 0 heterocycles. The maximum Gasteiger partial charge on any atom is 0.0886 e.